The Hall–Kier alpha value is -2.13. The SMILES string of the molecule is Cc1nc(-c2ccccc2)sc1Nc1ccccc1. The van der Waals surface area contributed by atoms with Gasteiger partial charge in [-0.05, 0) is 19.1 Å². The minimum atomic E-state index is 1.03. The summed E-state index contributed by atoms with van der Waals surface area (Å²) in [6.07, 6.45) is 0. The van der Waals surface area contributed by atoms with E-state index in [0.29, 0.717) is 0 Å². The standard InChI is InChI=1S/C16H14N2S/c1-12-15(18-14-10-6-3-7-11-14)19-16(17-12)13-8-4-2-5-9-13/h2-11,18H,1H3. The van der Waals surface area contributed by atoms with E-state index in [4.69, 9.17) is 0 Å². The Morgan fingerprint density at radius 1 is 0.895 bits per heavy atom. The van der Waals surface area contributed by atoms with E-state index in [-0.39, 0.29) is 0 Å². The first-order chi connectivity index (χ1) is 9.33. The van der Waals surface area contributed by atoms with Crippen LogP contribution in [0.3, 0.4) is 0 Å². The van der Waals surface area contributed by atoms with Crippen molar-refractivity contribution in [3.05, 3.63) is 66.4 Å². The summed E-state index contributed by atoms with van der Waals surface area (Å²) in [6, 6.07) is 20.4. The molecule has 0 unspecified atom stereocenters. The Morgan fingerprint density at radius 2 is 1.53 bits per heavy atom. The van der Waals surface area contributed by atoms with Gasteiger partial charge in [0.25, 0.3) is 0 Å². The lowest BCUT2D eigenvalue weighted by Crippen LogP contribution is -1.88. The van der Waals surface area contributed by atoms with Gasteiger partial charge in [0.15, 0.2) is 0 Å². The highest BCUT2D eigenvalue weighted by Crippen LogP contribution is 2.33. The molecule has 0 bridgehead atoms. The van der Waals surface area contributed by atoms with E-state index in [0.717, 1.165) is 27.0 Å². The number of hydrogen-bond acceptors (Lipinski definition) is 3. The van der Waals surface area contributed by atoms with Gasteiger partial charge in [0.2, 0.25) is 0 Å². The van der Waals surface area contributed by atoms with Gasteiger partial charge in [-0.15, -0.1) is 0 Å². The summed E-state index contributed by atoms with van der Waals surface area (Å²) >= 11 is 1.69. The molecule has 0 aliphatic heterocycles. The minimum absolute atomic E-state index is 1.03. The highest BCUT2D eigenvalue weighted by molar-refractivity contribution is 7.19. The molecule has 0 fully saturated rings. The van der Waals surface area contributed by atoms with E-state index in [1.165, 1.54) is 0 Å². The number of nitrogens with zero attached hydrogens (tertiary/aromatic N) is 1. The molecule has 0 spiro atoms. The predicted molar refractivity (Wildman–Crippen MR) is 82.0 cm³/mol. The van der Waals surface area contributed by atoms with Gasteiger partial charge in [0, 0.05) is 11.3 Å². The van der Waals surface area contributed by atoms with E-state index >= 15 is 0 Å². The van der Waals surface area contributed by atoms with Crippen molar-refractivity contribution in [2.45, 2.75) is 6.92 Å². The molecule has 3 aromatic rings. The molecule has 3 heteroatoms. The number of aryl methyl sites for hydroxylation is 1. The van der Waals surface area contributed by atoms with Gasteiger partial charge in [-0.1, -0.05) is 59.9 Å². The highest BCUT2D eigenvalue weighted by Gasteiger charge is 2.09. The molecule has 1 aromatic heterocycles. The molecule has 1 heterocycles. The molecule has 0 aliphatic carbocycles. The summed E-state index contributed by atoms with van der Waals surface area (Å²) in [7, 11) is 0. The van der Waals surface area contributed by atoms with Crippen LogP contribution in [0.2, 0.25) is 0 Å². The third-order valence-electron chi connectivity index (χ3n) is 2.85. The quantitative estimate of drug-likeness (QED) is 0.732. The maximum absolute atomic E-state index is 4.63. The molecule has 1 N–H and O–H groups in total. The lowest BCUT2D eigenvalue weighted by molar-refractivity contribution is 1.26. The maximum Gasteiger partial charge on any atom is 0.125 e. The normalized spacial score (nSPS) is 10.4. The number of hydrogen-bond donors (Lipinski definition) is 1. The van der Waals surface area contributed by atoms with Crippen LogP contribution in [0.4, 0.5) is 10.7 Å². The fraction of sp³-hybridized carbons (Fsp3) is 0.0625. The van der Waals surface area contributed by atoms with Crippen LogP contribution in [-0.2, 0) is 0 Å². The number of rotatable bonds is 3. The van der Waals surface area contributed by atoms with Crippen molar-refractivity contribution in [1.29, 1.82) is 0 Å². The predicted octanol–water partition coefficient (Wildman–Crippen LogP) is 4.86. The second kappa shape index (κ2) is 5.24. The van der Waals surface area contributed by atoms with Crippen LogP contribution in [-0.4, -0.2) is 4.98 Å². The number of nitrogens with one attached hydrogen (secondary N) is 1. The van der Waals surface area contributed by atoms with E-state index in [1.807, 2.05) is 43.3 Å². The van der Waals surface area contributed by atoms with E-state index in [9.17, 15) is 0 Å². The zero-order chi connectivity index (χ0) is 13.1. The number of anilines is 2. The first-order valence-electron chi connectivity index (χ1n) is 6.18. The van der Waals surface area contributed by atoms with Crippen LogP contribution < -0.4 is 5.32 Å². The fourth-order valence-corrected chi connectivity index (χ4v) is 2.86. The van der Waals surface area contributed by atoms with E-state index in [1.54, 1.807) is 11.3 Å². The molecule has 0 aliphatic rings. The summed E-state index contributed by atoms with van der Waals surface area (Å²) < 4.78 is 0. The lowest BCUT2D eigenvalue weighted by atomic mass is 10.2. The second-order valence-corrected chi connectivity index (χ2v) is 5.29. The van der Waals surface area contributed by atoms with E-state index < -0.39 is 0 Å². The van der Waals surface area contributed by atoms with Gasteiger partial charge in [0.1, 0.15) is 10.0 Å². The summed E-state index contributed by atoms with van der Waals surface area (Å²) in [5.41, 5.74) is 3.29. The summed E-state index contributed by atoms with van der Waals surface area (Å²) in [4.78, 5) is 4.63. The van der Waals surface area contributed by atoms with Crippen LogP contribution in [0.25, 0.3) is 10.6 Å². The van der Waals surface area contributed by atoms with Crippen molar-refractivity contribution in [2.75, 3.05) is 5.32 Å². The Kier molecular flexibility index (Phi) is 3.29. The van der Waals surface area contributed by atoms with Gasteiger partial charge < -0.3 is 5.32 Å². The molecule has 19 heavy (non-hydrogen) atoms. The summed E-state index contributed by atoms with van der Waals surface area (Å²) in [5.74, 6) is 0. The molecule has 3 rings (SSSR count). The smallest absolute Gasteiger partial charge is 0.125 e. The molecule has 94 valence electrons. The van der Waals surface area contributed by atoms with Crippen molar-refractivity contribution in [2.24, 2.45) is 0 Å². The molecule has 2 aromatic carbocycles. The van der Waals surface area contributed by atoms with Crippen LogP contribution in [0.5, 0.6) is 0 Å². The molecule has 2 nitrogen and oxygen atoms in total. The van der Waals surface area contributed by atoms with Crippen LogP contribution in [0.1, 0.15) is 5.69 Å². The first kappa shape index (κ1) is 11.9. The summed E-state index contributed by atoms with van der Waals surface area (Å²) in [6.45, 7) is 2.04. The Labute approximate surface area is 116 Å². The number of aromatic nitrogens is 1. The summed E-state index contributed by atoms with van der Waals surface area (Å²) in [5, 5.41) is 5.57. The molecule has 0 radical (unpaired) electrons. The van der Waals surface area contributed by atoms with E-state index in [2.05, 4.69) is 34.6 Å². The Balaban J connectivity index is 1.90. The van der Waals surface area contributed by atoms with Gasteiger partial charge in [-0.2, -0.15) is 0 Å². The van der Waals surface area contributed by atoms with Crippen molar-refractivity contribution in [1.82, 2.24) is 4.98 Å². The lowest BCUT2D eigenvalue weighted by Gasteiger charge is -2.02. The molecule has 0 amide bonds. The maximum atomic E-state index is 4.63. The fourth-order valence-electron chi connectivity index (χ4n) is 1.87. The third kappa shape index (κ3) is 2.66. The second-order valence-electron chi connectivity index (χ2n) is 4.29. The number of para-hydroxylation sites is 1. The average molecular weight is 266 g/mol. The van der Waals surface area contributed by atoms with Crippen molar-refractivity contribution in [3.8, 4) is 10.6 Å². The number of benzene rings is 2. The van der Waals surface area contributed by atoms with Crippen molar-refractivity contribution in [3.63, 3.8) is 0 Å². The number of thiazole rings is 1. The van der Waals surface area contributed by atoms with Gasteiger partial charge in [-0.25, -0.2) is 4.98 Å². The molecule has 0 saturated heterocycles. The van der Waals surface area contributed by atoms with Crippen molar-refractivity contribution >= 4 is 22.0 Å². The zero-order valence-corrected chi connectivity index (χ0v) is 11.4. The van der Waals surface area contributed by atoms with Gasteiger partial charge in [0.05, 0.1) is 5.69 Å². The molecule has 0 atom stereocenters. The Bertz CT molecular complexity index is 660. The molecular formula is C16H14N2S. The van der Waals surface area contributed by atoms with Gasteiger partial charge in [-0.3, -0.25) is 0 Å². The molecule has 0 saturated carbocycles. The van der Waals surface area contributed by atoms with Gasteiger partial charge >= 0.3 is 0 Å². The van der Waals surface area contributed by atoms with Crippen LogP contribution >= 0.6 is 11.3 Å². The molecular weight excluding hydrogens is 252 g/mol. The highest BCUT2D eigenvalue weighted by atomic mass is 32.1. The topological polar surface area (TPSA) is 24.9 Å². The first-order valence-corrected chi connectivity index (χ1v) is 6.99. The Morgan fingerprint density at radius 3 is 2.21 bits per heavy atom. The van der Waals surface area contributed by atoms with Crippen LogP contribution in [0.15, 0.2) is 60.7 Å². The largest absolute Gasteiger partial charge is 0.346 e. The zero-order valence-electron chi connectivity index (χ0n) is 10.6. The third-order valence-corrected chi connectivity index (χ3v) is 3.97. The van der Waals surface area contributed by atoms with Crippen molar-refractivity contribution < 1.29 is 0 Å². The monoisotopic (exact) mass is 266 g/mol. The average Bonchev–Trinajstić information content (AvgIpc) is 2.82. The van der Waals surface area contributed by atoms with Crippen LogP contribution in [0, 0.1) is 6.92 Å². The minimum Gasteiger partial charge on any atom is -0.346 e.